The van der Waals surface area contributed by atoms with E-state index in [9.17, 15) is 0 Å². The van der Waals surface area contributed by atoms with Crippen LogP contribution in [0.4, 0.5) is 0 Å². The average Bonchev–Trinajstić information content (AvgIpc) is 3.53. The largest absolute Gasteiger partial charge is 0.456 e. The molecule has 10 rings (SSSR count). The van der Waals surface area contributed by atoms with Crippen molar-refractivity contribution in [2.75, 3.05) is 0 Å². The molecule has 0 bridgehead atoms. The van der Waals surface area contributed by atoms with E-state index in [-0.39, 0.29) is 0 Å². The zero-order valence-corrected chi connectivity index (χ0v) is 25.6. The van der Waals surface area contributed by atoms with Gasteiger partial charge in [0.05, 0.1) is 0 Å². The van der Waals surface area contributed by atoms with Gasteiger partial charge in [-0.3, -0.25) is 0 Å². The molecule has 0 spiro atoms. The predicted octanol–water partition coefficient (Wildman–Crippen LogP) is 13.2. The molecule has 10 aromatic rings. The third-order valence-corrected chi connectivity index (χ3v) is 9.86. The molecule has 0 saturated carbocycles. The van der Waals surface area contributed by atoms with E-state index in [4.69, 9.17) is 4.42 Å². The van der Waals surface area contributed by atoms with Gasteiger partial charge in [-0.2, -0.15) is 0 Å². The molecule has 0 radical (unpaired) electrons. The lowest BCUT2D eigenvalue weighted by Gasteiger charge is -2.18. The highest BCUT2D eigenvalue weighted by Gasteiger charge is 2.20. The van der Waals surface area contributed by atoms with Crippen LogP contribution in [0.1, 0.15) is 0 Å². The van der Waals surface area contributed by atoms with Crippen LogP contribution in [0.15, 0.2) is 174 Å². The molecule has 0 N–H and O–H groups in total. The van der Waals surface area contributed by atoms with Crippen molar-refractivity contribution in [2.24, 2.45) is 0 Å². The van der Waals surface area contributed by atoms with E-state index in [1.54, 1.807) is 0 Å². The standard InChI is InChI=1S/C46H28O/c1-2-13-32-31(12-1)28-41(34-15-4-3-14-33(32)34)29-24-26-30(27-25-29)44-35-16-5-7-18-37(35)45(38-19-8-6-17-36(38)44)40-21-11-23-43-46(40)39-20-9-10-22-42(39)47-43/h1-28H. The molecule has 1 aromatic heterocycles. The monoisotopic (exact) mass is 596 g/mol. The molecule has 0 atom stereocenters. The molecule has 1 heterocycles. The summed E-state index contributed by atoms with van der Waals surface area (Å²) in [6.07, 6.45) is 0. The maximum Gasteiger partial charge on any atom is 0.136 e. The van der Waals surface area contributed by atoms with Crippen molar-refractivity contribution in [1.82, 2.24) is 0 Å². The highest BCUT2D eigenvalue weighted by atomic mass is 16.3. The Balaban J connectivity index is 1.22. The molecule has 0 fully saturated rings. The molecular weight excluding hydrogens is 569 g/mol. The van der Waals surface area contributed by atoms with Crippen LogP contribution in [-0.2, 0) is 0 Å². The number of fused-ring (bicyclic) bond motifs is 8. The smallest absolute Gasteiger partial charge is 0.136 e. The average molecular weight is 597 g/mol. The van der Waals surface area contributed by atoms with Crippen LogP contribution < -0.4 is 0 Å². The Morgan fingerprint density at radius 2 is 0.809 bits per heavy atom. The lowest BCUT2D eigenvalue weighted by atomic mass is 9.84. The summed E-state index contributed by atoms with van der Waals surface area (Å²) in [5.74, 6) is 0. The minimum atomic E-state index is 0.915. The first-order chi connectivity index (χ1) is 23.3. The number of hydrogen-bond acceptors (Lipinski definition) is 1. The molecule has 0 unspecified atom stereocenters. The Kier molecular flexibility index (Phi) is 5.64. The van der Waals surface area contributed by atoms with Gasteiger partial charge >= 0.3 is 0 Å². The molecule has 0 aliphatic heterocycles. The molecule has 0 amide bonds. The Labute approximate surface area is 271 Å². The topological polar surface area (TPSA) is 13.1 Å². The van der Waals surface area contributed by atoms with Crippen molar-refractivity contribution in [2.45, 2.75) is 0 Å². The molecule has 1 nitrogen and oxygen atoms in total. The normalized spacial score (nSPS) is 11.8. The number of hydrogen-bond donors (Lipinski definition) is 0. The molecule has 0 saturated heterocycles. The number of furan rings is 1. The Morgan fingerprint density at radius 3 is 1.51 bits per heavy atom. The van der Waals surface area contributed by atoms with Crippen molar-refractivity contribution >= 4 is 65.0 Å². The minimum Gasteiger partial charge on any atom is -0.456 e. The van der Waals surface area contributed by atoms with Gasteiger partial charge in [0.25, 0.3) is 0 Å². The van der Waals surface area contributed by atoms with Crippen molar-refractivity contribution in [1.29, 1.82) is 0 Å². The number of rotatable bonds is 3. The van der Waals surface area contributed by atoms with Crippen molar-refractivity contribution in [3.63, 3.8) is 0 Å². The van der Waals surface area contributed by atoms with Gasteiger partial charge < -0.3 is 4.42 Å². The van der Waals surface area contributed by atoms with E-state index >= 15 is 0 Å². The lowest BCUT2D eigenvalue weighted by Crippen LogP contribution is -1.91. The van der Waals surface area contributed by atoms with Crippen molar-refractivity contribution < 1.29 is 4.42 Å². The molecule has 218 valence electrons. The summed E-state index contributed by atoms with van der Waals surface area (Å²) >= 11 is 0. The fraction of sp³-hybridized carbons (Fsp3) is 0. The quantitative estimate of drug-likeness (QED) is 0.146. The van der Waals surface area contributed by atoms with Crippen molar-refractivity contribution in [3.8, 4) is 33.4 Å². The van der Waals surface area contributed by atoms with E-state index < -0.39 is 0 Å². The number of benzene rings is 9. The maximum absolute atomic E-state index is 6.33. The van der Waals surface area contributed by atoms with Crippen LogP contribution in [0.3, 0.4) is 0 Å². The minimum absolute atomic E-state index is 0.915. The van der Waals surface area contributed by atoms with Crippen LogP contribution in [-0.4, -0.2) is 0 Å². The summed E-state index contributed by atoms with van der Waals surface area (Å²) in [7, 11) is 0. The third kappa shape index (κ3) is 3.90. The molecule has 0 aliphatic carbocycles. The van der Waals surface area contributed by atoms with E-state index in [1.165, 1.54) is 76.5 Å². The van der Waals surface area contributed by atoms with Gasteiger partial charge in [-0.15, -0.1) is 0 Å². The van der Waals surface area contributed by atoms with E-state index in [1.807, 2.05) is 6.07 Å². The van der Waals surface area contributed by atoms with Crippen LogP contribution in [0.25, 0.3) is 98.4 Å². The summed E-state index contributed by atoms with van der Waals surface area (Å²) in [6.45, 7) is 0. The van der Waals surface area contributed by atoms with Gasteiger partial charge in [-0.1, -0.05) is 152 Å². The highest BCUT2D eigenvalue weighted by molar-refractivity contribution is 6.25. The third-order valence-electron chi connectivity index (χ3n) is 9.86. The Morgan fingerprint density at radius 1 is 0.298 bits per heavy atom. The van der Waals surface area contributed by atoms with Crippen LogP contribution >= 0.6 is 0 Å². The Bertz CT molecular complexity index is 2780. The van der Waals surface area contributed by atoms with Crippen molar-refractivity contribution in [3.05, 3.63) is 170 Å². The lowest BCUT2D eigenvalue weighted by molar-refractivity contribution is 0.669. The molecule has 1 heteroatoms. The molecule has 0 aliphatic rings. The second-order valence-electron chi connectivity index (χ2n) is 12.4. The van der Waals surface area contributed by atoms with Gasteiger partial charge in [0, 0.05) is 10.8 Å². The van der Waals surface area contributed by atoms with E-state index in [0.717, 1.165) is 21.9 Å². The van der Waals surface area contributed by atoms with Crippen LogP contribution in [0.5, 0.6) is 0 Å². The summed E-state index contributed by atoms with van der Waals surface area (Å²) in [5, 5.41) is 12.4. The molecule has 47 heavy (non-hydrogen) atoms. The van der Waals surface area contributed by atoms with Gasteiger partial charge in [-0.05, 0) is 94.7 Å². The first-order valence-corrected chi connectivity index (χ1v) is 16.2. The zero-order valence-electron chi connectivity index (χ0n) is 25.6. The summed E-state index contributed by atoms with van der Waals surface area (Å²) < 4.78 is 6.33. The van der Waals surface area contributed by atoms with E-state index in [0.29, 0.717) is 0 Å². The SMILES string of the molecule is c1ccc2c(c1)cc(-c1ccc(-c3c4ccccc4c(-c4cccc5oc6ccccc6c45)c4ccccc34)cc1)c1ccccc12. The summed E-state index contributed by atoms with van der Waals surface area (Å²) in [6, 6.07) is 61.5. The highest BCUT2D eigenvalue weighted by Crippen LogP contribution is 2.47. The summed E-state index contributed by atoms with van der Waals surface area (Å²) in [5.41, 5.74) is 9.23. The van der Waals surface area contributed by atoms with Gasteiger partial charge in [0.2, 0.25) is 0 Å². The molecular formula is C46H28O. The zero-order chi connectivity index (χ0) is 30.9. The van der Waals surface area contributed by atoms with E-state index in [2.05, 4.69) is 164 Å². The fourth-order valence-corrected chi connectivity index (χ4v) is 7.82. The van der Waals surface area contributed by atoms with Gasteiger partial charge in [0.15, 0.2) is 0 Å². The second kappa shape index (κ2) is 10.2. The van der Waals surface area contributed by atoms with Gasteiger partial charge in [-0.25, -0.2) is 0 Å². The van der Waals surface area contributed by atoms with Crippen LogP contribution in [0.2, 0.25) is 0 Å². The second-order valence-corrected chi connectivity index (χ2v) is 12.4. The molecule has 9 aromatic carbocycles. The first kappa shape index (κ1) is 26.1. The van der Waals surface area contributed by atoms with Crippen LogP contribution in [0, 0.1) is 0 Å². The van der Waals surface area contributed by atoms with Gasteiger partial charge in [0.1, 0.15) is 11.2 Å². The first-order valence-electron chi connectivity index (χ1n) is 16.2. The summed E-state index contributed by atoms with van der Waals surface area (Å²) in [4.78, 5) is 0. The fourth-order valence-electron chi connectivity index (χ4n) is 7.82. The predicted molar refractivity (Wildman–Crippen MR) is 200 cm³/mol. The number of para-hydroxylation sites is 1. The maximum atomic E-state index is 6.33. The Hall–Kier alpha value is -6.18.